The first-order valence-electron chi connectivity index (χ1n) is 7.27. The topological polar surface area (TPSA) is 37.8 Å². The van der Waals surface area contributed by atoms with Crippen LogP contribution in [-0.4, -0.2) is 17.0 Å². The lowest BCUT2D eigenvalue weighted by molar-refractivity contribution is 0.978. The van der Waals surface area contributed by atoms with Gasteiger partial charge in [-0.2, -0.15) is 0 Å². The van der Waals surface area contributed by atoms with Crippen LogP contribution in [0.3, 0.4) is 0 Å². The lowest BCUT2D eigenvalue weighted by Gasteiger charge is -2.11. The van der Waals surface area contributed by atoms with E-state index in [-0.39, 0.29) is 0 Å². The van der Waals surface area contributed by atoms with Gasteiger partial charge in [0.15, 0.2) is 5.82 Å². The summed E-state index contributed by atoms with van der Waals surface area (Å²) in [6.45, 7) is 4.19. The molecule has 0 radical (unpaired) electrons. The van der Waals surface area contributed by atoms with Crippen LogP contribution in [0.5, 0.6) is 0 Å². The lowest BCUT2D eigenvalue weighted by atomic mass is 10.1. The molecule has 0 bridgehead atoms. The third kappa shape index (κ3) is 2.47. The Bertz CT molecular complexity index is 768. The van der Waals surface area contributed by atoms with Gasteiger partial charge in [-0.15, -0.1) is 0 Å². The fourth-order valence-electron chi connectivity index (χ4n) is 2.61. The van der Waals surface area contributed by atoms with Crippen LogP contribution in [0.4, 0.5) is 5.82 Å². The second-order valence-corrected chi connectivity index (χ2v) is 5.13. The quantitative estimate of drug-likeness (QED) is 0.779. The minimum absolute atomic E-state index is 0.785. The van der Waals surface area contributed by atoms with Crippen molar-refractivity contribution in [2.45, 2.75) is 20.3 Å². The van der Waals surface area contributed by atoms with Crippen LogP contribution in [0.1, 0.15) is 18.2 Å². The number of rotatable bonds is 3. The van der Waals surface area contributed by atoms with Crippen LogP contribution in [0.25, 0.3) is 22.2 Å². The molecule has 0 aliphatic carbocycles. The molecule has 3 heteroatoms. The largest absolute Gasteiger partial charge is 0.373 e. The molecular formula is C18H19N3. The second-order valence-electron chi connectivity index (χ2n) is 5.13. The van der Waals surface area contributed by atoms with Gasteiger partial charge in [0.2, 0.25) is 0 Å². The number of aryl methyl sites for hydroxylation is 1. The molecule has 0 amide bonds. The van der Waals surface area contributed by atoms with E-state index < -0.39 is 0 Å². The van der Waals surface area contributed by atoms with Gasteiger partial charge in [0.25, 0.3) is 0 Å². The van der Waals surface area contributed by atoms with Crippen molar-refractivity contribution < 1.29 is 0 Å². The first kappa shape index (κ1) is 13.6. The van der Waals surface area contributed by atoms with Crippen molar-refractivity contribution in [3.63, 3.8) is 0 Å². The summed E-state index contributed by atoms with van der Waals surface area (Å²) < 4.78 is 0. The van der Waals surface area contributed by atoms with Gasteiger partial charge >= 0.3 is 0 Å². The first-order valence-corrected chi connectivity index (χ1v) is 7.27. The fraction of sp³-hybridized carbons (Fsp3) is 0.222. The smallest absolute Gasteiger partial charge is 0.161 e. The van der Waals surface area contributed by atoms with Gasteiger partial charge < -0.3 is 5.32 Å². The summed E-state index contributed by atoms with van der Waals surface area (Å²) in [6, 6.07) is 14.7. The zero-order valence-corrected chi connectivity index (χ0v) is 12.6. The monoisotopic (exact) mass is 277 g/mol. The number of fused-ring (bicyclic) bond motifs is 1. The summed E-state index contributed by atoms with van der Waals surface area (Å²) in [5.74, 6) is 1.69. The van der Waals surface area contributed by atoms with E-state index in [0.29, 0.717) is 0 Å². The van der Waals surface area contributed by atoms with Crippen molar-refractivity contribution in [2.75, 3.05) is 12.4 Å². The van der Waals surface area contributed by atoms with E-state index in [1.807, 2.05) is 7.05 Å². The molecule has 21 heavy (non-hydrogen) atoms. The molecular weight excluding hydrogens is 258 g/mol. The highest BCUT2D eigenvalue weighted by atomic mass is 15.0. The van der Waals surface area contributed by atoms with Crippen LogP contribution in [-0.2, 0) is 6.42 Å². The third-order valence-corrected chi connectivity index (χ3v) is 3.83. The summed E-state index contributed by atoms with van der Waals surface area (Å²) in [4.78, 5) is 9.38. The zero-order valence-electron chi connectivity index (χ0n) is 12.6. The minimum Gasteiger partial charge on any atom is -0.373 e. The number of nitrogens with one attached hydrogen (secondary N) is 1. The number of benzene rings is 2. The van der Waals surface area contributed by atoms with Crippen LogP contribution in [0, 0.1) is 6.92 Å². The molecule has 2 aromatic carbocycles. The van der Waals surface area contributed by atoms with E-state index in [9.17, 15) is 0 Å². The predicted molar refractivity (Wildman–Crippen MR) is 88.6 cm³/mol. The number of nitrogens with zero attached hydrogens (tertiary/aromatic N) is 2. The second kappa shape index (κ2) is 5.52. The molecule has 106 valence electrons. The highest BCUT2D eigenvalue weighted by molar-refractivity contribution is 5.86. The van der Waals surface area contributed by atoms with Crippen molar-refractivity contribution in [3.05, 3.63) is 53.7 Å². The molecule has 0 saturated carbocycles. The summed E-state index contributed by atoms with van der Waals surface area (Å²) in [6.07, 6.45) is 0.906. The Morgan fingerprint density at radius 3 is 2.48 bits per heavy atom. The molecule has 3 aromatic rings. The average Bonchev–Trinajstić information content (AvgIpc) is 2.54. The molecule has 1 N–H and O–H groups in total. The van der Waals surface area contributed by atoms with E-state index >= 15 is 0 Å². The highest BCUT2D eigenvalue weighted by Crippen LogP contribution is 2.25. The zero-order chi connectivity index (χ0) is 14.8. The van der Waals surface area contributed by atoms with Crippen molar-refractivity contribution in [2.24, 2.45) is 0 Å². The SMILES string of the molecule is CCc1nc(-c2ccc3ccccc3c2)nc(NC)c1C. The molecule has 0 saturated heterocycles. The van der Waals surface area contributed by atoms with Crippen LogP contribution >= 0.6 is 0 Å². The summed E-state index contributed by atoms with van der Waals surface area (Å²) in [5, 5.41) is 5.61. The Labute approximate surface area is 125 Å². The molecule has 1 heterocycles. The van der Waals surface area contributed by atoms with Gasteiger partial charge in [0.05, 0.1) is 0 Å². The normalized spacial score (nSPS) is 10.8. The number of aromatic nitrogens is 2. The molecule has 3 nitrogen and oxygen atoms in total. The number of hydrogen-bond donors (Lipinski definition) is 1. The molecule has 3 rings (SSSR count). The van der Waals surface area contributed by atoms with E-state index in [1.165, 1.54) is 10.8 Å². The molecule has 0 atom stereocenters. The van der Waals surface area contributed by atoms with Crippen LogP contribution in [0.15, 0.2) is 42.5 Å². The summed E-state index contributed by atoms with van der Waals surface area (Å²) in [7, 11) is 1.90. The summed E-state index contributed by atoms with van der Waals surface area (Å²) in [5.41, 5.74) is 3.28. The van der Waals surface area contributed by atoms with Gasteiger partial charge in [-0.3, -0.25) is 0 Å². The van der Waals surface area contributed by atoms with E-state index in [2.05, 4.69) is 66.6 Å². The van der Waals surface area contributed by atoms with Crippen LogP contribution < -0.4 is 5.32 Å². The number of hydrogen-bond acceptors (Lipinski definition) is 3. The summed E-state index contributed by atoms with van der Waals surface area (Å²) >= 11 is 0. The molecule has 1 aromatic heterocycles. The van der Waals surface area contributed by atoms with Gasteiger partial charge in [-0.25, -0.2) is 9.97 Å². The maximum atomic E-state index is 4.73. The Morgan fingerprint density at radius 2 is 1.76 bits per heavy atom. The number of anilines is 1. The first-order chi connectivity index (χ1) is 10.2. The Morgan fingerprint density at radius 1 is 1.00 bits per heavy atom. The Balaban J connectivity index is 2.17. The lowest BCUT2D eigenvalue weighted by Crippen LogP contribution is -2.04. The molecule has 0 spiro atoms. The highest BCUT2D eigenvalue weighted by Gasteiger charge is 2.10. The van der Waals surface area contributed by atoms with Gasteiger partial charge in [0.1, 0.15) is 5.82 Å². The maximum absolute atomic E-state index is 4.73. The molecule has 0 fully saturated rings. The molecule has 0 unspecified atom stereocenters. The van der Waals surface area contributed by atoms with Crippen molar-refractivity contribution in [1.82, 2.24) is 9.97 Å². The maximum Gasteiger partial charge on any atom is 0.161 e. The standard InChI is InChI=1S/C18H19N3/c1-4-16-12(2)17(19-3)21-18(20-16)15-10-9-13-7-5-6-8-14(13)11-15/h5-11H,4H2,1-3H3,(H,19,20,21). The minimum atomic E-state index is 0.785. The molecule has 0 aliphatic rings. The Hall–Kier alpha value is -2.42. The fourth-order valence-corrected chi connectivity index (χ4v) is 2.61. The van der Waals surface area contributed by atoms with Gasteiger partial charge in [0, 0.05) is 23.9 Å². The van der Waals surface area contributed by atoms with Crippen molar-refractivity contribution >= 4 is 16.6 Å². The third-order valence-electron chi connectivity index (χ3n) is 3.83. The Kier molecular flexibility index (Phi) is 3.57. The van der Waals surface area contributed by atoms with E-state index in [4.69, 9.17) is 4.98 Å². The van der Waals surface area contributed by atoms with Gasteiger partial charge in [-0.1, -0.05) is 43.3 Å². The van der Waals surface area contributed by atoms with E-state index in [0.717, 1.165) is 34.9 Å². The van der Waals surface area contributed by atoms with Gasteiger partial charge in [-0.05, 0) is 30.2 Å². The van der Waals surface area contributed by atoms with Crippen molar-refractivity contribution in [3.8, 4) is 11.4 Å². The van der Waals surface area contributed by atoms with Crippen molar-refractivity contribution in [1.29, 1.82) is 0 Å². The predicted octanol–water partition coefficient (Wildman–Crippen LogP) is 4.21. The van der Waals surface area contributed by atoms with E-state index in [1.54, 1.807) is 0 Å². The van der Waals surface area contributed by atoms with Crippen LogP contribution in [0.2, 0.25) is 0 Å². The average molecular weight is 277 g/mol. The molecule has 0 aliphatic heterocycles.